The van der Waals surface area contributed by atoms with Gasteiger partial charge in [-0.2, -0.15) is 0 Å². The summed E-state index contributed by atoms with van der Waals surface area (Å²) in [6.07, 6.45) is 1.09. The van der Waals surface area contributed by atoms with Gasteiger partial charge in [-0.05, 0) is 11.4 Å². The van der Waals surface area contributed by atoms with Gasteiger partial charge >= 0.3 is 5.97 Å². The fourth-order valence-electron chi connectivity index (χ4n) is 1.02. The second-order valence-corrected chi connectivity index (χ2v) is 3.76. The lowest BCUT2D eigenvalue weighted by molar-refractivity contribution is 0.0691. The van der Waals surface area contributed by atoms with E-state index in [4.69, 9.17) is 21.1 Å². The monoisotopic (exact) mass is 229 g/mol. The van der Waals surface area contributed by atoms with Crippen LogP contribution in [0.5, 0.6) is 0 Å². The van der Waals surface area contributed by atoms with Crippen LogP contribution in [0.4, 0.5) is 0 Å². The Morgan fingerprint density at radius 3 is 3.00 bits per heavy atom. The number of carboxylic acid groups (broad SMARTS) is 1. The average molecular weight is 230 g/mol. The first-order valence-electron chi connectivity index (χ1n) is 3.60. The van der Waals surface area contributed by atoms with Crippen molar-refractivity contribution in [3.63, 3.8) is 0 Å². The molecule has 2 rings (SSSR count). The Morgan fingerprint density at radius 1 is 1.64 bits per heavy atom. The SMILES string of the molecule is O=C(O)c1ncoc1-c1sccc1Cl. The molecule has 1 N–H and O–H groups in total. The lowest BCUT2D eigenvalue weighted by Crippen LogP contribution is -1.97. The summed E-state index contributed by atoms with van der Waals surface area (Å²) in [4.78, 5) is 14.9. The number of carbonyl (C=O) groups is 1. The van der Waals surface area contributed by atoms with Crippen molar-refractivity contribution in [2.24, 2.45) is 0 Å². The van der Waals surface area contributed by atoms with Crippen LogP contribution in [0.25, 0.3) is 10.6 Å². The van der Waals surface area contributed by atoms with Crippen LogP contribution in [0, 0.1) is 0 Å². The molecule has 0 aromatic carbocycles. The molecule has 72 valence electrons. The molecule has 0 atom stereocenters. The van der Waals surface area contributed by atoms with Crippen molar-refractivity contribution >= 4 is 28.9 Å². The molecule has 0 saturated heterocycles. The molecule has 0 aliphatic carbocycles. The van der Waals surface area contributed by atoms with E-state index in [1.54, 1.807) is 11.4 Å². The largest absolute Gasteiger partial charge is 0.476 e. The van der Waals surface area contributed by atoms with Gasteiger partial charge in [-0.15, -0.1) is 11.3 Å². The maximum Gasteiger partial charge on any atom is 0.358 e. The maximum atomic E-state index is 10.7. The van der Waals surface area contributed by atoms with Gasteiger partial charge in [-0.3, -0.25) is 0 Å². The Morgan fingerprint density at radius 2 is 2.43 bits per heavy atom. The minimum absolute atomic E-state index is 0.116. The van der Waals surface area contributed by atoms with E-state index >= 15 is 0 Å². The Hall–Kier alpha value is -1.33. The highest BCUT2D eigenvalue weighted by Crippen LogP contribution is 2.34. The van der Waals surface area contributed by atoms with Crippen molar-refractivity contribution < 1.29 is 14.3 Å². The molecule has 0 saturated carbocycles. The van der Waals surface area contributed by atoms with Crippen molar-refractivity contribution in [3.8, 4) is 10.6 Å². The number of carboxylic acids is 1. The van der Waals surface area contributed by atoms with Crippen molar-refractivity contribution in [3.05, 3.63) is 28.6 Å². The Bertz CT molecular complexity index is 476. The molecule has 0 radical (unpaired) electrons. The fraction of sp³-hybridized carbons (Fsp3) is 0. The third-order valence-electron chi connectivity index (χ3n) is 1.59. The van der Waals surface area contributed by atoms with Crippen LogP contribution in [-0.4, -0.2) is 16.1 Å². The Kier molecular flexibility index (Phi) is 2.26. The van der Waals surface area contributed by atoms with Gasteiger partial charge in [0.2, 0.25) is 0 Å². The van der Waals surface area contributed by atoms with Crippen LogP contribution in [0.3, 0.4) is 0 Å². The number of aromatic nitrogens is 1. The van der Waals surface area contributed by atoms with E-state index in [1.807, 2.05) is 0 Å². The summed E-state index contributed by atoms with van der Waals surface area (Å²) < 4.78 is 4.99. The molecule has 0 fully saturated rings. The number of hydrogen-bond donors (Lipinski definition) is 1. The zero-order chi connectivity index (χ0) is 10.1. The molecule has 2 aromatic rings. The number of nitrogens with zero attached hydrogens (tertiary/aromatic N) is 1. The highest BCUT2D eigenvalue weighted by Gasteiger charge is 2.19. The summed E-state index contributed by atoms with van der Waals surface area (Å²) in [6.45, 7) is 0. The summed E-state index contributed by atoms with van der Waals surface area (Å²) >= 11 is 7.15. The van der Waals surface area contributed by atoms with E-state index in [1.165, 1.54) is 11.3 Å². The zero-order valence-corrected chi connectivity index (χ0v) is 8.30. The van der Waals surface area contributed by atoms with E-state index in [0.717, 1.165) is 6.39 Å². The van der Waals surface area contributed by atoms with Gasteiger partial charge in [0, 0.05) is 0 Å². The van der Waals surface area contributed by atoms with Crippen LogP contribution < -0.4 is 0 Å². The first kappa shape index (κ1) is 9.23. The second-order valence-electron chi connectivity index (χ2n) is 2.43. The van der Waals surface area contributed by atoms with Crippen LogP contribution in [0.1, 0.15) is 10.5 Å². The lowest BCUT2D eigenvalue weighted by Gasteiger charge is -1.93. The van der Waals surface area contributed by atoms with Crippen LogP contribution in [0.2, 0.25) is 5.02 Å². The zero-order valence-electron chi connectivity index (χ0n) is 6.73. The van der Waals surface area contributed by atoms with Gasteiger partial charge in [-0.25, -0.2) is 9.78 Å². The summed E-state index contributed by atoms with van der Waals surface area (Å²) in [5, 5.41) is 11.0. The van der Waals surface area contributed by atoms with Gasteiger partial charge in [-0.1, -0.05) is 11.6 Å². The quantitative estimate of drug-likeness (QED) is 0.860. The van der Waals surface area contributed by atoms with Crippen molar-refractivity contribution in [2.45, 2.75) is 0 Å². The van der Waals surface area contributed by atoms with Crippen LogP contribution in [-0.2, 0) is 0 Å². The first-order valence-corrected chi connectivity index (χ1v) is 4.86. The van der Waals surface area contributed by atoms with Gasteiger partial charge < -0.3 is 9.52 Å². The van der Waals surface area contributed by atoms with E-state index < -0.39 is 5.97 Å². The topological polar surface area (TPSA) is 63.3 Å². The van der Waals surface area contributed by atoms with Crippen molar-refractivity contribution in [2.75, 3.05) is 0 Å². The molecule has 2 aromatic heterocycles. The molecule has 0 aliphatic heterocycles. The lowest BCUT2D eigenvalue weighted by atomic mass is 10.3. The second kappa shape index (κ2) is 3.43. The van der Waals surface area contributed by atoms with E-state index in [9.17, 15) is 4.79 Å². The number of halogens is 1. The van der Waals surface area contributed by atoms with Crippen LogP contribution in [0.15, 0.2) is 22.3 Å². The molecule has 0 unspecified atom stereocenters. The molecule has 0 bridgehead atoms. The van der Waals surface area contributed by atoms with Gasteiger partial charge in [0.25, 0.3) is 0 Å². The van der Waals surface area contributed by atoms with Crippen molar-refractivity contribution in [1.82, 2.24) is 4.98 Å². The molecule has 4 nitrogen and oxygen atoms in total. The Balaban J connectivity index is 2.57. The minimum Gasteiger partial charge on any atom is -0.476 e. The molecule has 14 heavy (non-hydrogen) atoms. The average Bonchev–Trinajstić information content (AvgIpc) is 2.70. The number of rotatable bonds is 2. The number of thiophene rings is 1. The highest BCUT2D eigenvalue weighted by molar-refractivity contribution is 7.14. The molecule has 0 amide bonds. The standard InChI is InChI=1S/C8H4ClNO3S/c9-4-1-2-14-7(4)6-5(8(11)12)10-3-13-6/h1-3H,(H,11,12). The maximum absolute atomic E-state index is 10.7. The van der Waals surface area contributed by atoms with Crippen molar-refractivity contribution in [1.29, 1.82) is 0 Å². The Labute approximate surface area is 87.8 Å². The molecule has 0 aliphatic rings. The van der Waals surface area contributed by atoms with Gasteiger partial charge in [0.05, 0.1) is 9.90 Å². The van der Waals surface area contributed by atoms with E-state index in [0.29, 0.717) is 9.90 Å². The summed E-state index contributed by atoms with van der Waals surface area (Å²) in [5.41, 5.74) is -0.116. The molecule has 6 heteroatoms. The minimum atomic E-state index is -1.13. The smallest absolute Gasteiger partial charge is 0.358 e. The van der Waals surface area contributed by atoms with Gasteiger partial charge in [0.15, 0.2) is 17.8 Å². The summed E-state index contributed by atoms with van der Waals surface area (Å²) in [5.74, 6) is -0.921. The van der Waals surface area contributed by atoms with Crippen LogP contribution >= 0.6 is 22.9 Å². The first-order chi connectivity index (χ1) is 6.70. The number of aromatic carboxylic acids is 1. The molecule has 2 heterocycles. The molecule has 0 spiro atoms. The van der Waals surface area contributed by atoms with Gasteiger partial charge in [0.1, 0.15) is 0 Å². The normalized spacial score (nSPS) is 10.4. The van der Waals surface area contributed by atoms with E-state index in [2.05, 4.69) is 4.98 Å². The molecular weight excluding hydrogens is 226 g/mol. The number of hydrogen-bond acceptors (Lipinski definition) is 4. The third-order valence-corrected chi connectivity index (χ3v) is 2.93. The number of oxazole rings is 1. The highest BCUT2D eigenvalue weighted by atomic mass is 35.5. The fourth-order valence-corrected chi connectivity index (χ4v) is 2.15. The predicted molar refractivity (Wildman–Crippen MR) is 51.8 cm³/mol. The summed E-state index contributed by atoms with van der Waals surface area (Å²) in [6, 6.07) is 1.68. The van der Waals surface area contributed by atoms with E-state index in [-0.39, 0.29) is 11.5 Å². The predicted octanol–water partition coefficient (Wildman–Crippen LogP) is 2.75. The summed E-state index contributed by atoms with van der Waals surface area (Å²) in [7, 11) is 0. The third kappa shape index (κ3) is 1.40. The molecular formula is C8H4ClNO3S.